The lowest BCUT2D eigenvalue weighted by atomic mass is 10.1. The highest BCUT2D eigenvalue weighted by molar-refractivity contribution is 7.12. The fraction of sp³-hybridized carbons (Fsp3) is 0.267. The molecule has 106 valence electrons. The average molecular weight is 290 g/mol. The van der Waals surface area contributed by atoms with E-state index in [-0.39, 0.29) is 11.9 Å². The summed E-state index contributed by atoms with van der Waals surface area (Å²) >= 11 is 1.39. The first-order valence-electron chi connectivity index (χ1n) is 6.28. The summed E-state index contributed by atoms with van der Waals surface area (Å²) in [5.41, 5.74) is 7.50. The zero-order valence-electron chi connectivity index (χ0n) is 11.8. The van der Waals surface area contributed by atoms with Gasteiger partial charge in [0.05, 0.1) is 13.2 Å². The number of hydrogen-bond donors (Lipinski definition) is 1. The molecule has 20 heavy (non-hydrogen) atoms. The molecule has 1 unspecified atom stereocenters. The average Bonchev–Trinajstić information content (AvgIpc) is 2.93. The van der Waals surface area contributed by atoms with Crippen LogP contribution in [0.5, 0.6) is 5.75 Å². The van der Waals surface area contributed by atoms with Crippen molar-refractivity contribution in [1.82, 2.24) is 4.90 Å². The number of nitrogen functional groups attached to an aromatic ring is 1. The van der Waals surface area contributed by atoms with Gasteiger partial charge in [-0.15, -0.1) is 11.3 Å². The Hall–Kier alpha value is -2.01. The van der Waals surface area contributed by atoms with Crippen LogP contribution in [-0.2, 0) is 0 Å². The molecule has 0 saturated heterocycles. The maximum absolute atomic E-state index is 12.5. The van der Waals surface area contributed by atoms with E-state index >= 15 is 0 Å². The summed E-state index contributed by atoms with van der Waals surface area (Å²) in [5, 5.41) is 1.85. The third-order valence-electron chi connectivity index (χ3n) is 3.34. The second kappa shape index (κ2) is 5.96. The quantitative estimate of drug-likeness (QED) is 0.880. The third kappa shape index (κ3) is 2.77. The van der Waals surface area contributed by atoms with Gasteiger partial charge in [0.2, 0.25) is 0 Å². The van der Waals surface area contributed by atoms with Crippen LogP contribution in [0.3, 0.4) is 0 Å². The van der Waals surface area contributed by atoms with Gasteiger partial charge in [0.1, 0.15) is 10.6 Å². The Morgan fingerprint density at radius 2 is 2.15 bits per heavy atom. The van der Waals surface area contributed by atoms with E-state index in [4.69, 9.17) is 10.5 Å². The SMILES string of the molecule is COc1ccsc1C(=O)N(C)C(C)c1cccc(N)c1. The number of rotatable bonds is 4. The minimum absolute atomic E-state index is 0.0493. The van der Waals surface area contributed by atoms with Gasteiger partial charge < -0.3 is 15.4 Å². The van der Waals surface area contributed by atoms with Crippen molar-refractivity contribution in [3.05, 3.63) is 46.2 Å². The summed E-state index contributed by atoms with van der Waals surface area (Å²) in [5.74, 6) is 0.568. The van der Waals surface area contributed by atoms with Gasteiger partial charge in [0, 0.05) is 12.7 Å². The largest absolute Gasteiger partial charge is 0.495 e. The number of methoxy groups -OCH3 is 1. The number of thiophene rings is 1. The molecule has 0 radical (unpaired) electrons. The van der Waals surface area contributed by atoms with Crippen LogP contribution >= 0.6 is 11.3 Å². The van der Waals surface area contributed by atoms with E-state index in [1.54, 1.807) is 25.1 Å². The normalized spacial score (nSPS) is 11.9. The van der Waals surface area contributed by atoms with Gasteiger partial charge in [-0.2, -0.15) is 0 Å². The van der Waals surface area contributed by atoms with Crippen LogP contribution in [0.4, 0.5) is 5.69 Å². The summed E-state index contributed by atoms with van der Waals surface area (Å²) in [7, 11) is 3.36. The molecule has 1 aromatic heterocycles. The molecule has 1 aromatic carbocycles. The summed E-state index contributed by atoms with van der Waals surface area (Å²) in [4.78, 5) is 14.8. The topological polar surface area (TPSA) is 55.6 Å². The number of anilines is 1. The Kier molecular flexibility index (Phi) is 4.29. The van der Waals surface area contributed by atoms with Crippen LogP contribution in [0.15, 0.2) is 35.7 Å². The van der Waals surface area contributed by atoms with Crippen molar-refractivity contribution in [3.63, 3.8) is 0 Å². The van der Waals surface area contributed by atoms with Gasteiger partial charge in [-0.05, 0) is 36.1 Å². The molecule has 1 heterocycles. The van der Waals surface area contributed by atoms with Crippen molar-refractivity contribution in [2.75, 3.05) is 19.9 Å². The van der Waals surface area contributed by atoms with Crippen molar-refractivity contribution in [3.8, 4) is 5.75 Å². The van der Waals surface area contributed by atoms with Crippen LogP contribution in [0.1, 0.15) is 28.2 Å². The first-order chi connectivity index (χ1) is 9.54. The number of amides is 1. The highest BCUT2D eigenvalue weighted by Crippen LogP contribution is 2.29. The predicted octanol–water partition coefficient (Wildman–Crippen LogP) is 3.17. The molecular formula is C15H18N2O2S. The van der Waals surface area contributed by atoms with E-state index in [2.05, 4.69) is 0 Å². The molecule has 0 aliphatic carbocycles. The van der Waals surface area contributed by atoms with Crippen molar-refractivity contribution in [1.29, 1.82) is 0 Å². The summed E-state index contributed by atoms with van der Waals surface area (Å²) in [6.07, 6.45) is 0. The van der Waals surface area contributed by atoms with Gasteiger partial charge in [0.15, 0.2) is 0 Å². The summed E-state index contributed by atoms with van der Waals surface area (Å²) in [6, 6.07) is 9.33. The number of nitrogens with two attached hydrogens (primary N) is 1. The fourth-order valence-corrected chi connectivity index (χ4v) is 2.83. The molecule has 4 nitrogen and oxygen atoms in total. The number of carbonyl (C=O) groups is 1. The molecule has 2 N–H and O–H groups in total. The van der Waals surface area contributed by atoms with E-state index < -0.39 is 0 Å². The molecule has 1 atom stereocenters. The molecule has 0 aliphatic rings. The number of benzene rings is 1. The first-order valence-corrected chi connectivity index (χ1v) is 7.16. The Morgan fingerprint density at radius 1 is 1.40 bits per heavy atom. The fourth-order valence-electron chi connectivity index (χ4n) is 1.99. The maximum Gasteiger partial charge on any atom is 0.267 e. The molecule has 0 aliphatic heterocycles. The number of nitrogens with zero attached hydrogens (tertiary/aromatic N) is 1. The van der Waals surface area contributed by atoms with Crippen LogP contribution < -0.4 is 10.5 Å². The van der Waals surface area contributed by atoms with Crippen LogP contribution in [-0.4, -0.2) is 25.0 Å². The summed E-state index contributed by atoms with van der Waals surface area (Å²) in [6.45, 7) is 1.98. The molecule has 5 heteroatoms. The Morgan fingerprint density at radius 3 is 2.80 bits per heavy atom. The van der Waals surface area contributed by atoms with E-state index in [0.717, 1.165) is 5.56 Å². The number of hydrogen-bond acceptors (Lipinski definition) is 4. The molecule has 2 aromatic rings. The van der Waals surface area contributed by atoms with E-state index in [1.165, 1.54) is 11.3 Å². The van der Waals surface area contributed by atoms with Crippen LogP contribution in [0.25, 0.3) is 0 Å². The molecular weight excluding hydrogens is 272 g/mol. The Labute approximate surface area is 122 Å². The first kappa shape index (κ1) is 14.4. The van der Waals surface area contributed by atoms with Crippen LogP contribution in [0, 0.1) is 0 Å². The van der Waals surface area contributed by atoms with Gasteiger partial charge >= 0.3 is 0 Å². The van der Waals surface area contributed by atoms with E-state index in [0.29, 0.717) is 16.3 Å². The molecule has 2 rings (SSSR count). The molecule has 0 saturated carbocycles. The monoisotopic (exact) mass is 290 g/mol. The zero-order chi connectivity index (χ0) is 14.7. The summed E-state index contributed by atoms with van der Waals surface area (Å²) < 4.78 is 5.20. The third-order valence-corrected chi connectivity index (χ3v) is 4.22. The molecule has 0 bridgehead atoms. The lowest BCUT2D eigenvalue weighted by Crippen LogP contribution is -2.29. The minimum Gasteiger partial charge on any atom is -0.495 e. The lowest BCUT2D eigenvalue weighted by molar-refractivity contribution is 0.0744. The maximum atomic E-state index is 12.5. The molecule has 0 spiro atoms. The second-order valence-corrected chi connectivity index (χ2v) is 5.50. The van der Waals surface area contributed by atoms with Crippen molar-refractivity contribution < 1.29 is 9.53 Å². The Balaban J connectivity index is 2.22. The standard InChI is InChI=1S/C15H18N2O2S/c1-10(11-5-4-6-12(16)9-11)17(2)15(18)14-13(19-3)7-8-20-14/h4-10H,16H2,1-3H3. The van der Waals surface area contributed by atoms with Gasteiger partial charge in [0.25, 0.3) is 5.91 Å². The highest BCUT2D eigenvalue weighted by Gasteiger charge is 2.22. The lowest BCUT2D eigenvalue weighted by Gasteiger charge is -2.25. The predicted molar refractivity (Wildman–Crippen MR) is 82.2 cm³/mol. The van der Waals surface area contributed by atoms with Gasteiger partial charge in [-0.3, -0.25) is 4.79 Å². The number of ether oxygens (including phenoxy) is 1. The second-order valence-electron chi connectivity index (χ2n) is 4.58. The zero-order valence-corrected chi connectivity index (χ0v) is 12.6. The minimum atomic E-state index is -0.0576. The Bertz CT molecular complexity index is 609. The van der Waals surface area contributed by atoms with Gasteiger partial charge in [-0.1, -0.05) is 12.1 Å². The van der Waals surface area contributed by atoms with Gasteiger partial charge in [-0.25, -0.2) is 0 Å². The molecule has 1 amide bonds. The van der Waals surface area contributed by atoms with Crippen molar-refractivity contribution in [2.45, 2.75) is 13.0 Å². The van der Waals surface area contributed by atoms with E-state index in [1.807, 2.05) is 36.6 Å². The molecule has 0 fully saturated rings. The number of carbonyl (C=O) groups excluding carboxylic acids is 1. The smallest absolute Gasteiger partial charge is 0.267 e. The van der Waals surface area contributed by atoms with Crippen molar-refractivity contribution >= 4 is 22.9 Å². The highest BCUT2D eigenvalue weighted by atomic mass is 32.1. The van der Waals surface area contributed by atoms with Crippen molar-refractivity contribution in [2.24, 2.45) is 0 Å². The van der Waals surface area contributed by atoms with Crippen LogP contribution in [0.2, 0.25) is 0 Å². The van der Waals surface area contributed by atoms with E-state index in [9.17, 15) is 4.79 Å².